The summed E-state index contributed by atoms with van der Waals surface area (Å²) in [6.45, 7) is 7.68. The fraction of sp³-hybridized carbons (Fsp3) is 0.562. The van der Waals surface area contributed by atoms with E-state index in [1.165, 1.54) is 6.42 Å². The summed E-state index contributed by atoms with van der Waals surface area (Å²) in [6, 6.07) is 10.3. The molecule has 0 bridgehead atoms. The van der Waals surface area contributed by atoms with Crippen molar-refractivity contribution in [2.45, 2.75) is 45.7 Å². The van der Waals surface area contributed by atoms with Crippen LogP contribution in [0, 0.1) is 5.92 Å². The molecule has 0 radical (unpaired) electrons. The SMILES string of the molecule is CCC(C(=O)c1ccccc1)N1CC(C)CC1C. The van der Waals surface area contributed by atoms with Crippen LogP contribution in [-0.2, 0) is 0 Å². The van der Waals surface area contributed by atoms with Gasteiger partial charge in [0.25, 0.3) is 0 Å². The largest absolute Gasteiger partial charge is 0.292 e. The summed E-state index contributed by atoms with van der Waals surface area (Å²) in [6.07, 6.45) is 2.10. The van der Waals surface area contributed by atoms with Crippen LogP contribution < -0.4 is 0 Å². The van der Waals surface area contributed by atoms with Gasteiger partial charge in [-0.3, -0.25) is 9.69 Å². The molecule has 2 nitrogen and oxygen atoms in total. The molecule has 1 aliphatic heterocycles. The molecule has 0 aromatic heterocycles. The Hall–Kier alpha value is -1.15. The topological polar surface area (TPSA) is 20.3 Å². The van der Waals surface area contributed by atoms with Crippen LogP contribution in [-0.4, -0.2) is 29.3 Å². The van der Waals surface area contributed by atoms with Gasteiger partial charge in [0.05, 0.1) is 6.04 Å². The Morgan fingerprint density at radius 3 is 2.50 bits per heavy atom. The zero-order valence-corrected chi connectivity index (χ0v) is 11.6. The van der Waals surface area contributed by atoms with E-state index in [0.29, 0.717) is 12.0 Å². The lowest BCUT2D eigenvalue weighted by Gasteiger charge is -2.29. The van der Waals surface area contributed by atoms with Gasteiger partial charge < -0.3 is 0 Å². The van der Waals surface area contributed by atoms with E-state index in [-0.39, 0.29) is 11.8 Å². The fourth-order valence-electron chi connectivity index (χ4n) is 3.13. The van der Waals surface area contributed by atoms with Gasteiger partial charge in [0.15, 0.2) is 5.78 Å². The molecule has 1 heterocycles. The molecule has 1 saturated heterocycles. The van der Waals surface area contributed by atoms with E-state index in [2.05, 4.69) is 25.7 Å². The van der Waals surface area contributed by atoms with Gasteiger partial charge in [-0.1, -0.05) is 44.2 Å². The smallest absolute Gasteiger partial charge is 0.179 e. The van der Waals surface area contributed by atoms with Gasteiger partial charge >= 0.3 is 0 Å². The molecular weight excluding hydrogens is 222 g/mol. The van der Waals surface area contributed by atoms with Crippen LogP contribution in [0.5, 0.6) is 0 Å². The Morgan fingerprint density at radius 1 is 1.33 bits per heavy atom. The van der Waals surface area contributed by atoms with E-state index in [1.807, 2.05) is 30.3 Å². The lowest BCUT2D eigenvalue weighted by molar-refractivity contribution is 0.0797. The lowest BCUT2D eigenvalue weighted by atomic mass is 10.0. The fourth-order valence-corrected chi connectivity index (χ4v) is 3.13. The molecule has 2 heteroatoms. The first-order valence-electron chi connectivity index (χ1n) is 6.98. The second-order valence-electron chi connectivity index (χ2n) is 5.54. The Kier molecular flexibility index (Phi) is 4.18. The summed E-state index contributed by atoms with van der Waals surface area (Å²) in [5, 5.41) is 0. The first kappa shape index (κ1) is 13.3. The number of benzene rings is 1. The zero-order valence-electron chi connectivity index (χ0n) is 11.6. The average molecular weight is 245 g/mol. The van der Waals surface area contributed by atoms with Crippen LogP contribution in [0.25, 0.3) is 0 Å². The van der Waals surface area contributed by atoms with E-state index < -0.39 is 0 Å². The Balaban J connectivity index is 2.16. The molecule has 18 heavy (non-hydrogen) atoms. The highest BCUT2D eigenvalue weighted by molar-refractivity contribution is 6.00. The van der Waals surface area contributed by atoms with Crippen molar-refractivity contribution in [3.63, 3.8) is 0 Å². The predicted molar refractivity (Wildman–Crippen MR) is 74.8 cm³/mol. The summed E-state index contributed by atoms with van der Waals surface area (Å²) in [7, 11) is 0. The Bertz CT molecular complexity index is 401. The highest BCUT2D eigenvalue weighted by Crippen LogP contribution is 2.27. The summed E-state index contributed by atoms with van der Waals surface area (Å²) >= 11 is 0. The van der Waals surface area contributed by atoms with Gasteiger partial charge in [0.1, 0.15) is 0 Å². The number of hydrogen-bond acceptors (Lipinski definition) is 2. The molecular formula is C16H23NO. The molecule has 0 spiro atoms. The first-order chi connectivity index (χ1) is 8.63. The average Bonchev–Trinajstić information content (AvgIpc) is 2.70. The number of Topliss-reactive ketones (excluding diaryl/α,β-unsaturated/α-hetero) is 1. The Labute approximate surface area is 110 Å². The van der Waals surface area contributed by atoms with Crippen LogP contribution in [0.1, 0.15) is 44.0 Å². The lowest BCUT2D eigenvalue weighted by Crippen LogP contribution is -2.42. The molecule has 1 aromatic carbocycles. The van der Waals surface area contributed by atoms with Gasteiger partial charge in [-0.25, -0.2) is 0 Å². The van der Waals surface area contributed by atoms with Crippen molar-refractivity contribution < 1.29 is 4.79 Å². The quantitative estimate of drug-likeness (QED) is 0.758. The molecule has 0 aliphatic carbocycles. The highest BCUT2D eigenvalue weighted by Gasteiger charge is 2.34. The number of carbonyl (C=O) groups excluding carboxylic acids is 1. The highest BCUT2D eigenvalue weighted by atomic mass is 16.1. The molecule has 3 atom stereocenters. The number of ketones is 1. The second kappa shape index (κ2) is 5.66. The maximum atomic E-state index is 12.6. The third-order valence-corrected chi connectivity index (χ3v) is 3.98. The standard InChI is InChI=1S/C16H23NO/c1-4-15(17-11-12(2)10-13(17)3)16(18)14-8-6-5-7-9-14/h5-9,12-13,15H,4,10-11H2,1-3H3. The normalized spacial score (nSPS) is 26.2. The summed E-state index contributed by atoms with van der Waals surface area (Å²) in [5.41, 5.74) is 0.844. The number of likely N-dealkylation sites (tertiary alicyclic amines) is 1. The number of nitrogens with zero attached hydrogens (tertiary/aromatic N) is 1. The molecule has 0 amide bonds. The first-order valence-corrected chi connectivity index (χ1v) is 6.98. The molecule has 1 fully saturated rings. The Morgan fingerprint density at radius 2 is 2.00 bits per heavy atom. The maximum absolute atomic E-state index is 12.6. The van der Waals surface area contributed by atoms with E-state index in [4.69, 9.17) is 0 Å². The minimum absolute atomic E-state index is 0.0485. The summed E-state index contributed by atoms with van der Waals surface area (Å²) < 4.78 is 0. The van der Waals surface area contributed by atoms with Crippen LogP contribution in [0.3, 0.4) is 0 Å². The minimum Gasteiger partial charge on any atom is -0.292 e. The van der Waals surface area contributed by atoms with Crippen molar-refractivity contribution in [2.24, 2.45) is 5.92 Å². The van der Waals surface area contributed by atoms with Gasteiger partial charge in [-0.2, -0.15) is 0 Å². The van der Waals surface area contributed by atoms with Crippen LogP contribution in [0.15, 0.2) is 30.3 Å². The van der Waals surface area contributed by atoms with E-state index in [1.54, 1.807) is 0 Å². The third-order valence-electron chi connectivity index (χ3n) is 3.98. The molecule has 3 unspecified atom stereocenters. The molecule has 2 rings (SSSR count). The molecule has 1 aliphatic rings. The second-order valence-corrected chi connectivity index (χ2v) is 5.54. The van der Waals surface area contributed by atoms with Crippen LogP contribution in [0.2, 0.25) is 0 Å². The molecule has 1 aromatic rings. The number of rotatable bonds is 4. The van der Waals surface area contributed by atoms with Crippen molar-refractivity contribution >= 4 is 5.78 Å². The van der Waals surface area contributed by atoms with E-state index in [0.717, 1.165) is 18.5 Å². The molecule has 0 saturated carbocycles. The zero-order chi connectivity index (χ0) is 13.1. The van der Waals surface area contributed by atoms with Gasteiger partial charge in [-0.05, 0) is 25.7 Å². The maximum Gasteiger partial charge on any atom is 0.179 e. The van der Waals surface area contributed by atoms with Crippen molar-refractivity contribution in [2.75, 3.05) is 6.54 Å². The summed E-state index contributed by atoms with van der Waals surface area (Å²) in [4.78, 5) is 15.0. The van der Waals surface area contributed by atoms with Gasteiger partial charge in [-0.15, -0.1) is 0 Å². The third kappa shape index (κ3) is 2.64. The predicted octanol–water partition coefficient (Wildman–Crippen LogP) is 3.38. The molecule has 98 valence electrons. The number of carbonyl (C=O) groups is 1. The monoisotopic (exact) mass is 245 g/mol. The van der Waals surface area contributed by atoms with E-state index in [9.17, 15) is 4.79 Å². The van der Waals surface area contributed by atoms with Gasteiger partial charge in [0.2, 0.25) is 0 Å². The minimum atomic E-state index is 0.0485. The van der Waals surface area contributed by atoms with Crippen molar-refractivity contribution in [1.82, 2.24) is 4.90 Å². The van der Waals surface area contributed by atoms with Crippen LogP contribution >= 0.6 is 0 Å². The van der Waals surface area contributed by atoms with Crippen molar-refractivity contribution in [3.8, 4) is 0 Å². The van der Waals surface area contributed by atoms with Gasteiger partial charge in [0, 0.05) is 18.2 Å². The van der Waals surface area contributed by atoms with Crippen LogP contribution in [0.4, 0.5) is 0 Å². The molecule has 0 N–H and O–H groups in total. The summed E-state index contributed by atoms with van der Waals surface area (Å²) in [5.74, 6) is 0.983. The van der Waals surface area contributed by atoms with E-state index >= 15 is 0 Å². The van der Waals surface area contributed by atoms with Crippen molar-refractivity contribution in [3.05, 3.63) is 35.9 Å². The number of hydrogen-bond donors (Lipinski definition) is 0. The van der Waals surface area contributed by atoms with Crippen molar-refractivity contribution in [1.29, 1.82) is 0 Å².